The fourth-order valence-corrected chi connectivity index (χ4v) is 3.38. The Morgan fingerprint density at radius 2 is 2.09 bits per heavy atom. The average molecular weight is 300 g/mol. The van der Waals surface area contributed by atoms with Crippen molar-refractivity contribution in [3.63, 3.8) is 0 Å². The van der Waals surface area contributed by atoms with Crippen LogP contribution in [0.4, 0.5) is 0 Å². The summed E-state index contributed by atoms with van der Waals surface area (Å²) in [6, 6.07) is 4.26. The highest BCUT2D eigenvalue weighted by molar-refractivity contribution is 5.20. The van der Waals surface area contributed by atoms with Gasteiger partial charge in [-0.05, 0) is 24.6 Å². The standard InChI is InChI=1S/C17H24N4O/c1-3-21-10-14(8-19-21)9-20-11-16(13-22-2)17(12-20)15-4-6-18-7-5-15/h4-8,10,16-17H,3,9,11-13H2,1-2H3/t16-,17-/m0/s1. The van der Waals surface area contributed by atoms with Crippen molar-refractivity contribution in [3.8, 4) is 0 Å². The van der Waals surface area contributed by atoms with Gasteiger partial charge in [0.2, 0.25) is 0 Å². The molecule has 2 aromatic heterocycles. The molecule has 0 radical (unpaired) electrons. The molecule has 1 saturated heterocycles. The molecule has 0 aliphatic carbocycles. The van der Waals surface area contributed by atoms with Crippen molar-refractivity contribution in [2.45, 2.75) is 25.9 Å². The second-order valence-electron chi connectivity index (χ2n) is 6.00. The third-order valence-electron chi connectivity index (χ3n) is 4.45. The minimum atomic E-state index is 0.518. The van der Waals surface area contributed by atoms with Gasteiger partial charge in [0.25, 0.3) is 0 Å². The molecule has 118 valence electrons. The van der Waals surface area contributed by atoms with Gasteiger partial charge in [-0.15, -0.1) is 0 Å². The lowest BCUT2D eigenvalue weighted by Crippen LogP contribution is -2.21. The fourth-order valence-electron chi connectivity index (χ4n) is 3.38. The number of aromatic nitrogens is 3. The van der Waals surface area contributed by atoms with Gasteiger partial charge in [0.1, 0.15) is 0 Å². The Hall–Kier alpha value is -1.72. The molecule has 5 heteroatoms. The Morgan fingerprint density at radius 1 is 1.27 bits per heavy atom. The van der Waals surface area contributed by atoms with Crippen molar-refractivity contribution in [3.05, 3.63) is 48.0 Å². The lowest BCUT2D eigenvalue weighted by molar-refractivity contribution is 0.147. The van der Waals surface area contributed by atoms with E-state index >= 15 is 0 Å². The number of hydrogen-bond acceptors (Lipinski definition) is 4. The number of ether oxygens (including phenoxy) is 1. The number of pyridine rings is 1. The van der Waals surface area contributed by atoms with Crippen LogP contribution in [0.2, 0.25) is 0 Å². The molecule has 22 heavy (non-hydrogen) atoms. The molecule has 1 aliphatic rings. The van der Waals surface area contributed by atoms with Gasteiger partial charge in [0, 0.05) is 69.3 Å². The zero-order valence-corrected chi connectivity index (χ0v) is 13.4. The SMILES string of the molecule is CCn1cc(CN2C[C@@H](COC)[C@H](c3ccncc3)C2)cn1. The molecule has 0 amide bonds. The Balaban J connectivity index is 1.70. The maximum atomic E-state index is 5.44. The Morgan fingerprint density at radius 3 is 2.77 bits per heavy atom. The maximum Gasteiger partial charge on any atom is 0.0534 e. The molecule has 0 bridgehead atoms. The van der Waals surface area contributed by atoms with Crippen LogP contribution in [0.1, 0.15) is 24.0 Å². The van der Waals surface area contributed by atoms with Crippen LogP contribution in [0.15, 0.2) is 36.9 Å². The number of rotatable bonds is 6. The van der Waals surface area contributed by atoms with Crippen molar-refractivity contribution in [2.75, 3.05) is 26.8 Å². The largest absolute Gasteiger partial charge is 0.384 e. The zero-order chi connectivity index (χ0) is 15.4. The van der Waals surface area contributed by atoms with E-state index in [1.807, 2.05) is 23.3 Å². The molecule has 3 heterocycles. The Bertz CT molecular complexity index is 583. The molecular formula is C17H24N4O. The summed E-state index contributed by atoms with van der Waals surface area (Å²) < 4.78 is 7.42. The molecule has 2 aromatic rings. The van der Waals surface area contributed by atoms with E-state index in [0.29, 0.717) is 11.8 Å². The van der Waals surface area contributed by atoms with Crippen molar-refractivity contribution >= 4 is 0 Å². The van der Waals surface area contributed by atoms with Crippen molar-refractivity contribution in [2.24, 2.45) is 5.92 Å². The topological polar surface area (TPSA) is 43.2 Å². The monoisotopic (exact) mass is 300 g/mol. The van der Waals surface area contributed by atoms with Crippen molar-refractivity contribution in [1.82, 2.24) is 19.7 Å². The lowest BCUT2D eigenvalue weighted by Gasteiger charge is -2.17. The predicted molar refractivity (Wildman–Crippen MR) is 85.5 cm³/mol. The van der Waals surface area contributed by atoms with Crippen LogP contribution in [-0.4, -0.2) is 46.5 Å². The van der Waals surface area contributed by atoms with E-state index in [1.54, 1.807) is 7.11 Å². The first-order valence-corrected chi connectivity index (χ1v) is 7.92. The van der Waals surface area contributed by atoms with Gasteiger partial charge < -0.3 is 4.74 Å². The third kappa shape index (κ3) is 3.36. The van der Waals surface area contributed by atoms with Gasteiger partial charge >= 0.3 is 0 Å². The summed E-state index contributed by atoms with van der Waals surface area (Å²) >= 11 is 0. The minimum absolute atomic E-state index is 0.518. The first-order chi connectivity index (χ1) is 10.8. The Labute approximate surface area is 131 Å². The van der Waals surface area contributed by atoms with E-state index in [-0.39, 0.29) is 0 Å². The molecule has 3 rings (SSSR count). The van der Waals surface area contributed by atoms with E-state index in [4.69, 9.17) is 4.74 Å². The fraction of sp³-hybridized carbons (Fsp3) is 0.529. The summed E-state index contributed by atoms with van der Waals surface area (Å²) in [5.41, 5.74) is 2.65. The molecule has 2 atom stereocenters. The van der Waals surface area contributed by atoms with Gasteiger partial charge in [-0.3, -0.25) is 14.6 Å². The van der Waals surface area contributed by atoms with Crippen LogP contribution in [-0.2, 0) is 17.8 Å². The summed E-state index contributed by atoms with van der Waals surface area (Å²) in [7, 11) is 1.79. The van der Waals surface area contributed by atoms with E-state index in [9.17, 15) is 0 Å². The number of nitrogens with zero attached hydrogens (tertiary/aromatic N) is 4. The first-order valence-electron chi connectivity index (χ1n) is 7.92. The molecular weight excluding hydrogens is 276 g/mol. The van der Waals surface area contributed by atoms with Crippen LogP contribution in [0.25, 0.3) is 0 Å². The van der Waals surface area contributed by atoms with Crippen LogP contribution in [0.5, 0.6) is 0 Å². The van der Waals surface area contributed by atoms with Crippen LogP contribution in [0, 0.1) is 5.92 Å². The Kier molecular flexibility index (Phi) is 4.85. The highest BCUT2D eigenvalue weighted by atomic mass is 16.5. The van der Waals surface area contributed by atoms with Crippen LogP contribution >= 0.6 is 0 Å². The average Bonchev–Trinajstić information content (AvgIpc) is 3.16. The predicted octanol–water partition coefficient (Wildman–Crippen LogP) is 2.16. The third-order valence-corrected chi connectivity index (χ3v) is 4.45. The highest BCUT2D eigenvalue weighted by Gasteiger charge is 2.33. The van der Waals surface area contributed by atoms with E-state index in [0.717, 1.165) is 32.8 Å². The second kappa shape index (κ2) is 7.03. The number of likely N-dealkylation sites (tertiary alicyclic amines) is 1. The molecule has 0 saturated carbocycles. The normalized spacial score (nSPS) is 22.3. The summed E-state index contributed by atoms with van der Waals surface area (Å²) in [6.45, 7) is 6.93. The number of hydrogen-bond donors (Lipinski definition) is 0. The quantitative estimate of drug-likeness (QED) is 0.820. The minimum Gasteiger partial charge on any atom is -0.384 e. The van der Waals surface area contributed by atoms with Gasteiger partial charge in [-0.2, -0.15) is 5.10 Å². The second-order valence-corrected chi connectivity index (χ2v) is 6.00. The van der Waals surface area contributed by atoms with E-state index in [2.05, 4.69) is 40.2 Å². The zero-order valence-electron chi connectivity index (χ0n) is 13.4. The highest BCUT2D eigenvalue weighted by Crippen LogP contribution is 2.33. The summed E-state index contributed by atoms with van der Waals surface area (Å²) in [5.74, 6) is 1.05. The molecule has 0 unspecified atom stereocenters. The van der Waals surface area contributed by atoms with E-state index in [1.165, 1.54) is 11.1 Å². The van der Waals surface area contributed by atoms with Crippen LogP contribution < -0.4 is 0 Å². The van der Waals surface area contributed by atoms with E-state index < -0.39 is 0 Å². The summed E-state index contributed by atoms with van der Waals surface area (Å²) in [5, 5.41) is 4.37. The number of methoxy groups -OCH3 is 1. The summed E-state index contributed by atoms with van der Waals surface area (Å²) in [6.07, 6.45) is 7.89. The molecule has 1 fully saturated rings. The summed E-state index contributed by atoms with van der Waals surface area (Å²) in [4.78, 5) is 6.64. The number of aryl methyl sites for hydroxylation is 1. The van der Waals surface area contributed by atoms with Gasteiger partial charge in [0.05, 0.1) is 12.8 Å². The lowest BCUT2D eigenvalue weighted by atomic mass is 9.90. The molecule has 1 aliphatic heterocycles. The first kappa shape index (κ1) is 15.2. The van der Waals surface area contributed by atoms with Crippen LogP contribution in [0.3, 0.4) is 0 Å². The van der Waals surface area contributed by atoms with Crippen molar-refractivity contribution < 1.29 is 4.74 Å². The van der Waals surface area contributed by atoms with Gasteiger partial charge in [0.15, 0.2) is 0 Å². The molecule has 5 nitrogen and oxygen atoms in total. The maximum absolute atomic E-state index is 5.44. The smallest absolute Gasteiger partial charge is 0.0534 e. The molecule has 0 N–H and O–H groups in total. The molecule has 0 spiro atoms. The van der Waals surface area contributed by atoms with Gasteiger partial charge in [-0.1, -0.05) is 0 Å². The molecule has 0 aromatic carbocycles. The van der Waals surface area contributed by atoms with Crippen molar-refractivity contribution in [1.29, 1.82) is 0 Å². The van der Waals surface area contributed by atoms with Gasteiger partial charge in [-0.25, -0.2) is 0 Å².